The maximum Gasteiger partial charge on any atom is 3.00 e. The van der Waals surface area contributed by atoms with Crippen LogP contribution in [0.3, 0.4) is 0 Å². The van der Waals surface area contributed by atoms with E-state index in [1.807, 2.05) is 0 Å². The predicted molar refractivity (Wildman–Crippen MR) is 1.37 cm³/mol. The van der Waals surface area contributed by atoms with E-state index in [0.717, 1.165) is 0 Å². The van der Waals surface area contributed by atoms with Gasteiger partial charge in [-0.05, 0) is 0 Å². The summed E-state index contributed by atoms with van der Waals surface area (Å²) in [5.74, 6) is 0. The first-order valence-corrected chi connectivity index (χ1v) is 0. The van der Waals surface area contributed by atoms with Crippen molar-refractivity contribution in [2.24, 2.45) is 0 Å². The average Bonchev–Trinajstić information content (AvgIpc) is 0. The van der Waals surface area contributed by atoms with Crippen LogP contribution in [0.15, 0.2) is 0 Å². The average molecular weight is 329 g/mol. The normalized spacial score (nSPS) is 0. The third-order valence-corrected chi connectivity index (χ3v) is 0. The summed E-state index contributed by atoms with van der Waals surface area (Å²) in [6, 6.07) is 0. The van der Waals surface area contributed by atoms with Crippen molar-refractivity contribution in [2.75, 3.05) is 0 Å². The minimum absolute atomic E-state index is 0. The molecule has 0 fully saturated rings. The van der Waals surface area contributed by atoms with Gasteiger partial charge in [-0.25, -0.2) is 0 Å². The molecule has 0 aromatic heterocycles. The summed E-state index contributed by atoms with van der Waals surface area (Å²) in [5, 5.41) is 0. The molecular formula is CeGdO2+2. The fourth-order valence-corrected chi connectivity index (χ4v) is 0. The van der Waals surface area contributed by atoms with Crippen LogP contribution in [-0.2, 0) is 11.0 Å². The minimum atomic E-state index is 0. The molecule has 0 aromatic rings. The van der Waals surface area contributed by atoms with Gasteiger partial charge in [0.15, 0.2) is 0 Å². The van der Waals surface area contributed by atoms with Gasteiger partial charge in [-0.1, -0.05) is 0 Å². The molecule has 0 N–H and O–H groups in total. The van der Waals surface area contributed by atoms with Gasteiger partial charge in [0.1, 0.15) is 0 Å². The van der Waals surface area contributed by atoms with Gasteiger partial charge in [0.2, 0.25) is 0 Å². The van der Waals surface area contributed by atoms with Gasteiger partial charge in [-0.2, -0.15) is 0 Å². The van der Waals surface area contributed by atoms with E-state index in [1.165, 1.54) is 0 Å². The second-order valence-electron chi connectivity index (χ2n) is 0. The molecule has 0 saturated heterocycles. The molecule has 0 amide bonds. The maximum absolute atomic E-state index is 0. The molecule has 0 atom stereocenters. The van der Waals surface area contributed by atoms with Crippen molar-refractivity contribution in [3.05, 3.63) is 0 Å². The molecule has 0 unspecified atom stereocenters. The van der Waals surface area contributed by atoms with Crippen LogP contribution >= 0.6 is 0 Å². The van der Waals surface area contributed by atoms with Gasteiger partial charge in [0.05, 0.1) is 0 Å². The second kappa shape index (κ2) is 17.5. The molecule has 0 rings (SSSR count). The summed E-state index contributed by atoms with van der Waals surface area (Å²) >= 11 is 0. The molecule has 0 aliphatic carbocycles. The Bertz CT molecular complexity index is 6.00. The molecular weight excluding hydrogens is 329 g/mol. The van der Waals surface area contributed by atoms with E-state index in [9.17, 15) is 0 Å². The molecule has 0 aromatic carbocycles. The van der Waals surface area contributed by atoms with Gasteiger partial charge in [0, 0.05) is 0 Å². The predicted octanol–water partition coefficient (Wildman–Crippen LogP) is -0.238. The number of hydrogen-bond donors (Lipinski definition) is 0. The molecule has 2 nitrogen and oxygen atoms in total. The first-order valence-electron chi connectivity index (χ1n) is 0. The molecule has 0 aliphatic heterocycles. The fourth-order valence-electron chi connectivity index (χ4n) is 0. The van der Waals surface area contributed by atoms with Crippen LogP contribution in [0.25, 0.3) is 0 Å². The van der Waals surface area contributed by atoms with E-state index in [1.54, 1.807) is 0 Å². The zero-order valence-corrected chi connectivity index (χ0v) is 7.08. The fraction of sp³-hybridized carbons (Fsp3) is 0. The Morgan fingerprint density at radius 3 is 0.750 bits per heavy atom. The summed E-state index contributed by atoms with van der Waals surface area (Å²) in [4.78, 5) is 0. The molecule has 2 radical (unpaired) electrons. The minimum Gasteiger partial charge on any atom is -2.00 e. The van der Waals surface area contributed by atoms with Gasteiger partial charge in [-0.3, -0.25) is 0 Å². The Balaban J connectivity index is 0. The molecule has 22 valence electrons. The van der Waals surface area contributed by atoms with E-state index in [0.29, 0.717) is 0 Å². The Labute approximate surface area is 90.4 Å². The van der Waals surface area contributed by atoms with Crippen LogP contribution in [0.2, 0.25) is 0 Å². The van der Waals surface area contributed by atoms with Gasteiger partial charge in [0.25, 0.3) is 0 Å². The topological polar surface area (TPSA) is 57.0 Å². The summed E-state index contributed by atoms with van der Waals surface area (Å²) in [5.41, 5.74) is 0. The summed E-state index contributed by atoms with van der Waals surface area (Å²) in [6.45, 7) is 0. The van der Waals surface area contributed by atoms with Crippen LogP contribution in [-0.4, -0.2) is 0 Å². The van der Waals surface area contributed by atoms with Crippen molar-refractivity contribution < 1.29 is 92.6 Å². The number of hydrogen-bond acceptors (Lipinski definition) is 0. The van der Waals surface area contributed by atoms with Gasteiger partial charge >= 0.3 is 81.7 Å². The van der Waals surface area contributed by atoms with E-state index in [-0.39, 0.29) is 92.6 Å². The Morgan fingerprint density at radius 2 is 0.750 bits per heavy atom. The maximum atomic E-state index is 0. The summed E-state index contributed by atoms with van der Waals surface area (Å²) in [7, 11) is 0. The molecule has 0 bridgehead atoms. The second-order valence-corrected chi connectivity index (χ2v) is 0. The zero-order chi connectivity index (χ0) is 0. The van der Waals surface area contributed by atoms with Gasteiger partial charge in [-0.15, -0.1) is 0 Å². The first kappa shape index (κ1) is 30.4. The van der Waals surface area contributed by atoms with Crippen LogP contribution in [0.5, 0.6) is 0 Å². The van der Waals surface area contributed by atoms with Crippen molar-refractivity contribution in [1.82, 2.24) is 0 Å². The monoisotopic (exact) mass is 330 g/mol. The SMILES string of the molecule is [Ce+3].[Gd+3].[O-2].[O-2]. The Kier molecular flexibility index (Phi) is 133. The quantitative estimate of drug-likeness (QED) is 0.589. The Hall–Kier alpha value is 2.62. The number of rotatable bonds is 0. The van der Waals surface area contributed by atoms with Crippen molar-refractivity contribution in [3.8, 4) is 0 Å². The van der Waals surface area contributed by atoms with Crippen LogP contribution in [0.4, 0.5) is 0 Å². The van der Waals surface area contributed by atoms with Crippen LogP contribution < -0.4 is 0 Å². The van der Waals surface area contributed by atoms with Crippen LogP contribution in [0.1, 0.15) is 0 Å². The molecule has 4 heavy (non-hydrogen) atoms. The van der Waals surface area contributed by atoms with E-state index < -0.39 is 0 Å². The molecule has 0 saturated carbocycles. The molecule has 4 heteroatoms. The van der Waals surface area contributed by atoms with E-state index in [4.69, 9.17) is 0 Å². The zero-order valence-electron chi connectivity index (χ0n) is 1.67. The van der Waals surface area contributed by atoms with E-state index in [2.05, 4.69) is 0 Å². The van der Waals surface area contributed by atoms with Crippen molar-refractivity contribution >= 4 is 0 Å². The summed E-state index contributed by atoms with van der Waals surface area (Å²) < 4.78 is 0. The van der Waals surface area contributed by atoms with Crippen molar-refractivity contribution in [3.63, 3.8) is 0 Å². The van der Waals surface area contributed by atoms with Crippen molar-refractivity contribution in [2.45, 2.75) is 0 Å². The third kappa shape index (κ3) is 8.82. The third-order valence-electron chi connectivity index (χ3n) is 0. The van der Waals surface area contributed by atoms with E-state index >= 15 is 0 Å². The smallest absolute Gasteiger partial charge is 2.00 e. The largest absolute Gasteiger partial charge is 3.00 e. The first-order chi connectivity index (χ1) is 0. The van der Waals surface area contributed by atoms with Gasteiger partial charge < -0.3 is 11.0 Å². The Morgan fingerprint density at radius 1 is 0.750 bits per heavy atom. The van der Waals surface area contributed by atoms with Crippen molar-refractivity contribution in [1.29, 1.82) is 0 Å². The molecule has 0 heterocycles. The molecule has 0 aliphatic rings. The molecule has 0 spiro atoms. The summed E-state index contributed by atoms with van der Waals surface area (Å²) in [6.07, 6.45) is 0. The standard InChI is InChI=1S/Ce.Gd.2O/q2*+3;2*-2. The van der Waals surface area contributed by atoms with Crippen LogP contribution in [0, 0.1) is 81.7 Å².